The van der Waals surface area contributed by atoms with E-state index < -0.39 is 0 Å². The Morgan fingerprint density at radius 1 is 1.25 bits per heavy atom. The summed E-state index contributed by atoms with van der Waals surface area (Å²) in [5.41, 5.74) is 5.47. The van der Waals surface area contributed by atoms with Crippen molar-refractivity contribution >= 4 is 5.97 Å². The summed E-state index contributed by atoms with van der Waals surface area (Å²) in [5, 5.41) is 0. The number of hydrogen-bond donors (Lipinski definition) is 1. The molecule has 0 spiro atoms. The number of nitrogens with two attached hydrogens (primary N) is 1. The van der Waals surface area contributed by atoms with Crippen LogP contribution in [-0.2, 0) is 9.53 Å². The van der Waals surface area contributed by atoms with Gasteiger partial charge < -0.3 is 15.4 Å². The molecule has 5 nitrogen and oxygen atoms in total. The van der Waals surface area contributed by atoms with Gasteiger partial charge in [-0.15, -0.1) is 0 Å². The number of rotatable bonds is 6. The van der Waals surface area contributed by atoms with Gasteiger partial charge in [0.25, 0.3) is 0 Å². The van der Waals surface area contributed by atoms with E-state index in [2.05, 4.69) is 9.80 Å². The quantitative estimate of drug-likeness (QED) is 0.623. The summed E-state index contributed by atoms with van der Waals surface area (Å²) in [6.45, 7) is 8.51. The molecule has 1 fully saturated rings. The molecule has 1 heterocycles. The lowest BCUT2D eigenvalue weighted by Crippen LogP contribution is -2.48. The molecule has 0 saturated carbocycles. The molecule has 0 atom stereocenters. The van der Waals surface area contributed by atoms with E-state index in [4.69, 9.17) is 10.5 Å². The molecule has 1 rings (SSSR count). The molecule has 1 saturated heterocycles. The molecule has 5 heteroatoms. The lowest BCUT2D eigenvalue weighted by molar-refractivity contribution is -0.144. The molecule has 0 aromatic heterocycles. The van der Waals surface area contributed by atoms with Gasteiger partial charge in [0.2, 0.25) is 0 Å². The fourth-order valence-electron chi connectivity index (χ4n) is 1.88. The van der Waals surface area contributed by atoms with Gasteiger partial charge in [0, 0.05) is 26.2 Å². The fraction of sp³-hybridized carbons (Fsp3) is 0.909. The van der Waals surface area contributed by atoms with Crippen LogP contribution in [0.5, 0.6) is 0 Å². The Bertz CT molecular complexity index is 203. The second-order valence-corrected chi connectivity index (χ2v) is 4.07. The van der Waals surface area contributed by atoms with Crippen LogP contribution in [0.1, 0.15) is 13.3 Å². The van der Waals surface area contributed by atoms with Crippen LogP contribution in [0.15, 0.2) is 0 Å². The molecule has 0 aliphatic carbocycles. The van der Waals surface area contributed by atoms with E-state index in [-0.39, 0.29) is 5.97 Å². The van der Waals surface area contributed by atoms with Crippen molar-refractivity contribution in [1.29, 1.82) is 0 Å². The predicted molar refractivity (Wildman–Crippen MR) is 63.2 cm³/mol. The predicted octanol–water partition coefficient (Wildman–Crippen LogP) is -0.484. The highest BCUT2D eigenvalue weighted by atomic mass is 16.5. The van der Waals surface area contributed by atoms with Gasteiger partial charge in [-0.25, -0.2) is 0 Å². The van der Waals surface area contributed by atoms with E-state index in [0.29, 0.717) is 13.2 Å². The number of ether oxygens (including phenoxy) is 1. The number of hydrogen-bond acceptors (Lipinski definition) is 5. The Morgan fingerprint density at radius 3 is 2.44 bits per heavy atom. The fourth-order valence-corrected chi connectivity index (χ4v) is 1.88. The maximum absolute atomic E-state index is 11.3. The maximum atomic E-state index is 11.3. The molecule has 0 bridgehead atoms. The third kappa shape index (κ3) is 4.92. The zero-order valence-electron chi connectivity index (χ0n) is 10.2. The van der Waals surface area contributed by atoms with Crippen molar-refractivity contribution in [3.05, 3.63) is 0 Å². The summed E-state index contributed by atoms with van der Waals surface area (Å²) < 4.78 is 4.93. The molecule has 1 aliphatic rings. The lowest BCUT2D eigenvalue weighted by Gasteiger charge is -2.33. The number of nitrogens with zero attached hydrogens (tertiary/aromatic N) is 2. The molecule has 0 aromatic carbocycles. The van der Waals surface area contributed by atoms with Gasteiger partial charge in [-0.2, -0.15) is 0 Å². The summed E-state index contributed by atoms with van der Waals surface area (Å²) in [7, 11) is 0. The van der Waals surface area contributed by atoms with Crippen LogP contribution in [0.3, 0.4) is 0 Å². The number of carbonyl (C=O) groups is 1. The SMILES string of the molecule is CCOC(=O)CN1CCN(CCCN)CC1. The first kappa shape index (κ1) is 13.4. The molecule has 2 N–H and O–H groups in total. The Kier molecular flexibility index (Phi) is 6.37. The first-order valence-electron chi connectivity index (χ1n) is 6.06. The lowest BCUT2D eigenvalue weighted by atomic mass is 10.3. The number of esters is 1. The van der Waals surface area contributed by atoms with Crippen molar-refractivity contribution in [1.82, 2.24) is 9.80 Å². The van der Waals surface area contributed by atoms with E-state index in [0.717, 1.165) is 45.7 Å². The van der Waals surface area contributed by atoms with Gasteiger partial charge in [-0.1, -0.05) is 0 Å². The van der Waals surface area contributed by atoms with E-state index in [1.165, 1.54) is 0 Å². The van der Waals surface area contributed by atoms with Crippen molar-refractivity contribution < 1.29 is 9.53 Å². The van der Waals surface area contributed by atoms with Crippen LogP contribution in [0.4, 0.5) is 0 Å². The van der Waals surface area contributed by atoms with Gasteiger partial charge in [-0.05, 0) is 26.4 Å². The van der Waals surface area contributed by atoms with E-state index in [1.54, 1.807) is 0 Å². The molecular formula is C11H23N3O2. The summed E-state index contributed by atoms with van der Waals surface area (Å²) in [5.74, 6) is -0.113. The third-order valence-corrected chi connectivity index (χ3v) is 2.80. The highest BCUT2D eigenvalue weighted by Crippen LogP contribution is 2.02. The number of carbonyl (C=O) groups excluding carboxylic acids is 1. The second-order valence-electron chi connectivity index (χ2n) is 4.07. The standard InChI is InChI=1S/C11H23N3O2/c1-2-16-11(15)10-14-8-6-13(7-9-14)5-3-4-12/h2-10,12H2,1H3. The highest BCUT2D eigenvalue weighted by molar-refractivity contribution is 5.71. The number of piperazine rings is 1. The Morgan fingerprint density at radius 2 is 1.88 bits per heavy atom. The van der Waals surface area contributed by atoms with Crippen molar-refractivity contribution in [3.8, 4) is 0 Å². The van der Waals surface area contributed by atoms with Crippen LogP contribution in [0, 0.1) is 0 Å². The van der Waals surface area contributed by atoms with Crippen molar-refractivity contribution in [2.24, 2.45) is 5.73 Å². The van der Waals surface area contributed by atoms with Crippen molar-refractivity contribution in [3.63, 3.8) is 0 Å². The highest BCUT2D eigenvalue weighted by Gasteiger charge is 2.18. The maximum Gasteiger partial charge on any atom is 0.320 e. The average Bonchev–Trinajstić information content (AvgIpc) is 2.28. The molecule has 0 amide bonds. The van der Waals surface area contributed by atoms with Crippen LogP contribution in [-0.4, -0.2) is 68.2 Å². The smallest absolute Gasteiger partial charge is 0.320 e. The summed E-state index contributed by atoms with van der Waals surface area (Å²) >= 11 is 0. The molecule has 0 unspecified atom stereocenters. The summed E-state index contributed by atoms with van der Waals surface area (Å²) in [4.78, 5) is 15.8. The van der Waals surface area contributed by atoms with Crippen LogP contribution >= 0.6 is 0 Å². The first-order chi connectivity index (χ1) is 7.76. The van der Waals surface area contributed by atoms with Gasteiger partial charge in [-0.3, -0.25) is 9.69 Å². The molecule has 1 aliphatic heterocycles. The largest absolute Gasteiger partial charge is 0.465 e. The molecule has 94 valence electrons. The normalized spacial score (nSPS) is 18.6. The Hall–Kier alpha value is -0.650. The zero-order chi connectivity index (χ0) is 11.8. The van der Waals surface area contributed by atoms with Crippen molar-refractivity contribution in [2.75, 3.05) is 52.4 Å². The molecule has 0 aromatic rings. The van der Waals surface area contributed by atoms with Gasteiger partial charge >= 0.3 is 5.97 Å². The topological polar surface area (TPSA) is 58.8 Å². The van der Waals surface area contributed by atoms with Gasteiger partial charge in [0.15, 0.2) is 0 Å². The van der Waals surface area contributed by atoms with Crippen LogP contribution < -0.4 is 5.73 Å². The van der Waals surface area contributed by atoms with Crippen molar-refractivity contribution in [2.45, 2.75) is 13.3 Å². The van der Waals surface area contributed by atoms with Crippen LogP contribution in [0.2, 0.25) is 0 Å². The van der Waals surface area contributed by atoms with E-state index in [1.807, 2.05) is 6.92 Å². The first-order valence-corrected chi connectivity index (χ1v) is 6.06. The van der Waals surface area contributed by atoms with Gasteiger partial charge in [0.1, 0.15) is 0 Å². The summed E-state index contributed by atoms with van der Waals surface area (Å²) in [6.07, 6.45) is 1.05. The molecular weight excluding hydrogens is 206 g/mol. The minimum Gasteiger partial charge on any atom is -0.465 e. The average molecular weight is 229 g/mol. The minimum atomic E-state index is -0.113. The summed E-state index contributed by atoms with van der Waals surface area (Å²) in [6, 6.07) is 0. The van der Waals surface area contributed by atoms with Gasteiger partial charge in [0.05, 0.1) is 13.2 Å². The Labute approximate surface area is 97.5 Å². The monoisotopic (exact) mass is 229 g/mol. The molecule has 0 radical (unpaired) electrons. The van der Waals surface area contributed by atoms with Crippen LogP contribution in [0.25, 0.3) is 0 Å². The van der Waals surface area contributed by atoms with E-state index >= 15 is 0 Å². The second kappa shape index (κ2) is 7.60. The Balaban J connectivity index is 2.14. The molecule has 16 heavy (non-hydrogen) atoms. The third-order valence-electron chi connectivity index (χ3n) is 2.80. The zero-order valence-corrected chi connectivity index (χ0v) is 10.2. The van der Waals surface area contributed by atoms with E-state index in [9.17, 15) is 4.79 Å². The minimum absolute atomic E-state index is 0.113.